The zero-order chi connectivity index (χ0) is 16.4. The van der Waals surface area contributed by atoms with Gasteiger partial charge in [0.25, 0.3) is 0 Å². The molecule has 0 saturated heterocycles. The molecule has 0 fully saturated rings. The molecular weight excluding hydrogens is 284 g/mol. The van der Waals surface area contributed by atoms with Crippen LogP contribution in [0.3, 0.4) is 0 Å². The van der Waals surface area contributed by atoms with Crippen molar-refractivity contribution in [1.29, 1.82) is 0 Å². The van der Waals surface area contributed by atoms with E-state index in [1.54, 1.807) is 14.2 Å². The summed E-state index contributed by atoms with van der Waals surface area (Å²) in [6, 6.07) is 12.9. The highest BCUT2D eigenvalue weighted by Gasteiger charge is 2.30. The molecule has 1 aliphatic rings. The quantitative estimate of drug-likeness (QED) is 0.811. The summed E-state index contributed by atoms with van der Waals surface area (Å²) in [5, 5.41) is 0. The van der Waals surface area contributed by atoms with Crippen LogP contribution in [0.15, 0.2) is 36.4 Å². The van der Waals surface area contributed by atoms with Gasteiger partial charge in [-0.05, 0) is 84.5 Å². The van der Waals surface area contributed by atoms with Gasteiger partial charge >= 0.3 is 0 Å². The van der Waals surface area contributed by atoms with E-state index in [1.807, 2.05) is 6.07 Å². The number of ether oxygens (including phenoxy) is 2. The Labute approximate surface area is 139 Å². The lowest BCUT2D eigenvalue weighted by Crippen LogP contribution is -2.28. The molecule has 0 amide bonds. The smallest absolute Gasteiger partial charge is 0.119 e. The third-order valence-electron chi connectivity index (χ3n) is 5.20. The van der Waals surface area contributed by atoms with Crippen LogP contribution in [0.4, 0.5) is 0 Å². The van der Waals surface area contributed by atoms with Gasteiger partial charge in [-0.1, -0.05) is 19.1 Å². The summed E-state index contributed by atoms with van der Waals surface area (Å²) in [6.07, 6.45) is 4.57. The van der Waals surface area contributed by atoms with Gasteiger partial charge in [0, 0.05) is 0 Å². The van der Waals surface area contributed by atoms with Gasteiger partial charge in [-0.2, -0.15) is 0 Å². The van der Waals surface area contributed by atoms with Crippen LogP contribution in [0, 0.1) is 12.3 Å². The first-order valence-corrected chi connectivity index (χ1v) is 8.32. The molecule has 2 nitrogen and oxygen atoms in total. The van der Waals surface area contributed by atoms with Crippen molar-refractivity contribution in [2.45, 2.75) is 39.5 Å². The largest absolute Gasteiger partial charge is 0.497 e. The number of rotatable bonds is 4. The highest BCUT2D eigenvalue weighted by atomic mass is 16.5. The fraction of sp³-hybridized carbons (Fsp3) is 0.429. The normalized spacial score (nSPS) is 20.0. The second-order valence-corrected chi connectivity index (χ2v) is 7.09. The maximum Gasteiger partial charge on any atom is 0.119 e. The van der Waals surface area contributed by atoms with Gasteiger partial charge in [0.1, 0.15) is 11.5 Å². The molecule has 0 heterocycles. The average Bonchev–Trinajstić information content (AvgIpc) is 2.56. The highest BCUT2D eigenvalue weighted by Crippen LogP contribution is 2.40. The summed E-state index contributed by atoms with van der Waals surface area (Å²) in [5.74, 6) is 1.92. The Balaban J connectivity index is 1.83. The third-order valence-corrected chi connectivity index (χ3v) is 5.20. The number of aryl methyl sites for hydroxylation is 2. The summed E-state index contributed by atoms with van der Waals surface area (Å²) >= 11 is 0. The highest BCUT2D eigenvalue weighted by molar-refractivity contribution is 5.40. The Morgan fingerprint density at radius 1 is 0.957 bits per heavy atom. The second-order valence-electron chi connectivity index (χ2n) is 7.09. The molecule has 0 bridgehead atoms. The van der Waals surface area contributed by atoms with Crippen molar-refractivity contribution >= 4 is 0 Å². The van der Waals surface area contributed by atoms with Crippen molar-refractivity contribution in [3.8, 4) is 11.5 Å². The average molecular weight is 310 g/mol. The molecule has 0 aromatic heterocycles. The molecular formula is C21H26O2. The monoisotopic (exact) mass is 310 g/mol. The lowest BCUT2D eigenvalue weighted by molar-refractivity contribution is 0.275. The molecule has 0 N–H and O–H groups in total. The fourth-order valence-electron chi connectivity index (χ4n) is 3.70. The number of hydrogen-bond donors (Lipinski definition) is 0. The Bertz CT molecular complexity index is 705. The molecule has 0 radical (unpaired) electrons. The lowest BCUT2D eigenvalue weighted by atomic mass is 9.69. The van der Waals surface area contributed by atoms with Crippen LogP contribution in [0.5, 0.6) is 11.5 Å². The van der Waals surface area contributed by atoms with E-state index in [4.69, 9.17) is 9.47 Å². The Morgan fingerprint density at radius 3 is 2.39 bits per heavy atom. The molecule has 122 valence electrons. The molecule has 3 rings (SSSR count). The van der Waals surface area contributed by atoms with Crippen LogP contribution >= 0.6 is 0 Å². The third kappa shape index (κ3) is 3.36. The first kappa shape index (κ1) is 15.9. The van der Waals surface area contributed by atoms with E-state index < -0.39 is 0 Å². The van der Waals surface area contributed by atoms with Crippen LogP contribution < -0.4 is 9.47 Å². The molecule has 2 aromatic rings. The molecule has 1 aliphatic carbocycles. The van der Waals surface area contributed by atoms with Crippen molar-refractivity contribution in [3.05, 3.63) is 58.7 Å². The van der Waals surface area contributed by atoms with Crippen molar-refractivity contribution in [3.63, 3.8) is 0 Å². The topological polar surface area (TPSA) is 18.5 Å². The Hall–Kier alpha value is -1.96. The first-order valence-electron chi connectivity index (χ1n) is 8.32. The van der Waals surface area contributed by atoms with Gasteiger partial charge in [-0.25, -0.2) is 0 Å². The van der Waals surface area contributed by atoms with E-state index in [1.165, 1.54) is 28.7 Å². The molecule has 0 saturated carbocycles. The number of methoxy groups -OCH3 is 2. The van der Waals surface area contributed by atoms with E-state index in [0.717, 1.165) is 30.8 Å². The van der Waals surface area contributed by atoms with Crippen molar-refractivity contribution in [2.75, 3.05) is 14.2 Å². The number of benzene rings is 2. The predicted octanol–water partition coefficient (Wildman–Crippen LogP) is 4.75. The van der Waals surface area contributed by atoms with Gasteiger partial charge < -0.3 is 9.47 Å². The van der Waals surface area contributed by atoms with Crippen molar-refractivity contribution < 1.29 is 9.47 Å². The van der Waals surface area contributed by atoms with Crippen LogP contribution in [-0.2, 0) is 19.3 Å². The zero-order valence-corrected chi connectivity index (χ0v) is 14.6. The van der Waals surface area contributed by atoms with E-state index in [9.17, 15) is 0 Å². The summed E-state index contributed by atoms with van der Waals surface area (Å²) in [7, 11) is 3.47. The Kier molecular flexibility index (Phi) is 4.34. The van der Waals surface area contributed by atoms with Gasteiger partial charge in [-0.15, -0.1) is 0 Å². The maximum absolute atomic E-state index is 5.40. The van der Waals surface area contributed by atoms with E-state index in [-0.39, 0.29) is 0 Å². The van der Waals surface area contributed by atoms with E-state index in [0.29, 0.717) is 5.41 Å². The van der Waals surface area contributed by atoms with Crippen LogP contribution in [0.1, 0.15) is 35.6 Å². The number of fused-ring (bicyclic) bond motifs is 1. The van der Waals surface area contributed by atoms with Gasteiger partial charge in [0.15, 0.2) is 0 Å². The number of hydrogen-bond acceptors (Lipinski definition) is 2. The molecule has 0 aliphatic heterocycles. The summed E-state index contributed by atoms with van der Waals surface area (Å²) < 4.78 is 10.8. The molecule has 0 spiro atoms. The van der Waals surface area contributed by atoms with Crippen LogP contribution in [-0.4, -0.2) is 14.2 Å². The maximum atomic E-state index is 5.40. The van der Waals surface area contributed by atoms with Crippen LogP contribution in [0.2, 0.25) is 0 Å². The van der Waals surface area contributed by atoms with Crippen molar-refractivity contribution in [2.24, 2.45) is 5.41 Å². The Morgan fingerprint density at radius 2 is 1.65 bits per heavy atom. The van der Waals surface area contributed by atoms with E-state index in [2.05, 4.69) is 44.2 Å². The lowest BCUT2D eigenvalue weighted by Gasteiger charge is -2.36. The van der Waals surface area contributed by atoms with Gasteiger partial charge in [0.05, 0.1) is 14.2 Å². The van der Waals surface area contributed by atoms with Gasteiger partial charge in [-0.3, -0.25) is 0 Å². The molecule has 23 heavy (non-hydrogen) atoms. The minimum absolute atomic E-state index is 0.304. The summed E-state index contributed by atoms with van der Waals surface area (Å²) in [5.41, 5.74) is 5.99. The second kappa shape index (κ2) is 6.27. The summed E-state index contributed by atoms with van der Waals surface area (Å²) in [6.45, 7) is 4.61. The van der Waals surface area contributed by atoms with Crippen molar-refractivity contribution in [1.82, 2.24) is 0 Å². The van der Waals surface area contributed by atoms with E-state index >= 15 is 0 Å². The first-order chi connectivity index (χ1) is 11.0. The van der Waals surface area contributed by atoms with Gasteiger partial charge in [0.2, 0.25) is 0 Å². The zero-order valence-electron chi connectivity index (χ0n) is 14.6. The predicted molar refractivity (Wildman–Crippen MR) is 94.6 cm³/mol. The summed E-state index contributed by atoms with van der Waals surface area (Å²) in [4.78, 5) is 0. The molecule has 2 aromatic carbocycles. The SMILES string of the molecule is COc1ccc(C)c(CC2(C)CCc3cc(OC)ccc3C2)c1. The molecule has 1 atom stereocenters. The molecule has 2 heteroatoms. The fourth-order valence-corrected chi connectivity index (χ4v) is 3.70. The van der Waals surface area contributed by atoms with Crippen LogP contribution in [0.25, 0.3) is 0 Å². The molecule has 1 unspecified atom stereocenters. The minimum atomic E-state index is 0.304. The minimum Gasteiger partial charge on any atom is -0.497 e. The standard InChI is InChI=1S/C21H26O2/c1-15-5-7-19(22-3)12-18(15)14-21(2)10-9-16-11-20(23-4)8-6-17(16)13-21/h5-8,11-12H,9-10,13-14H2,1-4H3.